The van der Waals surface area contributed by atoms with Gasteiger partial charge in [-0.3, -0.25) is 9.69 Å². The van der Waals surface area contributed by atoms with Crippen LogP contribution in [0.4, 0.5) is 5.69 Å². The van der Waals surface area contributed by atoms with Gasteiger partial charge in [0, 0.05) is 30.9 Å². The molecule has 0 aromatic heterocycles. The Morgan fingerprint density at radius 3 is 2.71 bits per heavy atom. The largest absolute Gasteiger partial charge is 0.483 e. The van der Waals surface area contributed by atoms with E-state index >= 15 is 0 Å². The maximum Gasteiger partial charge on any atom is 0.266 e. The minimum Gasteiger partial charge on any atom is -0.483 e. The molecule has 31 heavy (non-hydrogen) atoms. The molecule has 1 aliphatic heterocycles. The van der Waals surface area contributed by atoms with Gasteiger partial charge in [-0.2, -0.15) is 0 Å². The third-order valence-corrected chi connectivity index (χ3v) is 7.71. The molecule has 1 amide bonds. The van der Waals surface area contributed by atoms with E-state index in [0.717, 1.165) is 9.87 Å². The number of halogens is 1. The summed E-state index contributed by atoms with van der Waals surface area (Å²) in [5.74, 6) is 0.375. The van der Waals surface area contributed by atoms with Crippen LogP contribution in [0.5, 0.6) is 5.75 Å². The molecule has 7 nitrogen and oxygen atoms in total. The number of hydrogen-bond acceptors (Lipinski definition) is 6. The number of benzene rings is 2. The number of aliphatic imine (C=N–C) groups is 1. The fourth-order valence-electron chi connectivity index (χ4n) is 2.94. The average Bonchev–Trinajstić information content (AvgIpc) is 3.07. The summed E-state index contributed by atoms with van der Waals surface area (Å²) in [6.07, 6.45) is 0. The normalized spacial score (nSPS) is 18.1. The minimum atomic E-state index is -3.57. The van der Waals surface area contributed by atoms with Crippen molar-refractivity contribution in [2.45, 2.75) is 24.0 Å². The molecule has 1 saturated heterocycles. The SMILES string of the molecule is Cc1cc(Cl)ccc1OCC(=O)N1CC(C)SC1=Nc1cccc(S(=O)(=O)N(C)C)c1. The lowest BCUT2D eigenvalue weighted by molar-refractivity contribution is -0.129. The second-order valence-corrected chi connectivity index (χ2v) is 11.3. The Labute approximate surface area is 192 Å². The van der Waals surface area contributed by atoms with Gasteiger partial charge in [0.05, 0.1) is 10.6 Å². The van der Waals surface area contributed by atoms with E-state index < -0.39 is 10.0 Å². The number of amidine groups is 1. The van der Waals surface area contributed by atoms with Crippen molar-refractivity contribution < 1.29 is 17.9 Å². The zero-order valence-electron chi connectivity index (χ0n) is 17.7. The third-order valence-electron chi connectivity index (χ3n) is 4.59. The van der Waals surface area contributed by atoms with Gasteiger partial charge >= 0.3 is 0 Å². The molecule has 0 spiro atoms. The van der Waals surface area contributed by atoms with Crippen molar-refractivity contribution in [1.29, 1.82) is 0 Å². The third kappa shape index (κ3) is 5.60. The van der Waals surface area contributed by atoms with Crippen LogP contribution >= 0.6 is 23.4 Å². The second kappa shape index (κ2) is 9.60. The summed E-state index contributed by atoms with van der Waals surface area (Å²) >= 11 is 7.43. The first-order valence-corrected chi connectivity index (χ1v) is 12.2. The number of nitrogens with zero attached hydrogens (tertiary/aromatic N) is 3. The summed E-state index contributed by atoms with van der Waals surface area (Å²) in [5, 5.41) is 1.29. The lowest BCUT2D eigenvalue weighted by atomic mass is 10.2. The molecule has 166 valence electrons. The van der Waals surface area contributed by atoms with Crippen LogP contribution in [0.2, 0.25) is 5.02 Å². The van der Waals surface area contributed by atoms with Gasteiger partial charge in [0.2, 0.25) is 10.0 Å². The fraction of sp³-hybridized carbons (Fsp3) is 0.333. The number of thioether (sulfide) groups is 1. The quantitative estimate of drug-likeness (QED) is 0.624. The monoisotopic (exact) mass is 481 g/mol. The van der Waals surface area contributed by atoms with Gasteiger partial charge in [-0.1, -0.05) is 36.4 Å². The Hall–Kier alpha value is -2.07. The molecule has 1 aliphatic rings. The molecular weight excluding hydrogens is 458 g/mol. The van der Waals surface area contributed by atoms with Crippen LogP contribution in [0.3, 0.4) is 0 Å². The first kappa shape index (κ1) is 23.6. The Balaban J connectivity index is 1.79. The predicted molar refractivity (Wildman–Crippen MR) is 125 cm³/mol. The number of hydrogen-bond donors (Lipinski definition) is 0. The van der Waals surface area contributed by atoms with Crippen LogP contribution in [0.25, 0.3) is 0 Å². The van der Waals surface area contributed by atoms with Crippen LogP contribution in [0.15, 0.2) is 52.4 Å². The molecule has 10 heteroatoms. The molecule has 0 saturated carbocycles. The Morgan fingerprint density at radius 1 is 1.29 bits per heavy atom. The smallest absolute Gasteiger partial charge is 0.266 e. The minimum absolute atomic E-state index is 0.135. The Kier molecular flexibility index (Phi) is 7.31. The van der Waals surface area contributed by atoms with Crippen molar-refractivity contribution in [1.82, 2.24) is 9.21 Å². The lowest BCUT2D eigenvalue weighted by Gasteiger charge is -2.17. The molecule has 1 atom stereocenters. The molecule has 0 radical (unpaired) electrons. The molecule has 0 N–H and O–H groups in total. The summed E-state index contributed by atoms with van der Waals surface area (Å²) in [5.41, 5.74) is 1.31. The fourth-order valence-corrected chi connectivity index (χ4v) is 5.15. The maximum absolute atomic E-state index is 12.8. The highest BCUT2D eigenvalue weighted by Gasteiger charge is 2.31. The maximum atomic E-state index is 12.8. The van der Waals surface area contributed by atoms with E-state index in [1.807, 2.05) is 13.8 Å². The second-order valence-electron chi connectivity index (χ2n) is 7.31. The summed E-state index contributed by atoms with van der Waals surface area (Å²) < 4.78 is 31.6. The Morgan fingerprint density at radius 2 is 2.03 bits per heavy atom. The average molecular weight is 482 g/mol. The zero-order chi connectivity index (χ0) is 22.8. The van der Waals surface area contributed by atoms with Crippen LogP contribution in [-0.4, -0.2) is 61.2 Å². The summed E-state index contributed by atoms with van der Waals surface area (Å²) in [6.45, 7) is 4.23. The standard InChI is InChI=1S/C21H24ClN3O4S2/c1-14-10-16(22)8-9-19(14)29-13-20(26)25-12-15(2)30-21(25)23-17-6-5-7-18(11-17)31(27,28)24(3)4/h5-11,15H,12-13H2,1-4H3. The number of sulfonamides is 1. The van der Waals surface area contributed by atoms with Gasteiger partial charge < -0.3 is 4.74 Å². The first-order chi connectivity index (χ1) is 14.6. The highest BCUT2D eigenvalue weighted by atomic mass is 35.5. The van der Waals surface area contributed by atoms with Crippen LogP contribution < -0.4 is 4.74 Å². The number of rotatable bonds is 6. The molecule has 2 aromatic rings. The van der Waals surface area contributed by atoms with Crippen LogP contribution in [0.1, 0.15) is 12.5 Å². The highest BCUT2D eigenvalue weighted by molar-refractivity contribution is 8.14. The van der Waals surface area contributed by atoms with Gasteiger partial charge in [0.1, 0.15) is 5.75 Å². The summed E-state index contributed by atoms with van der Waals surface area (Å²) in [7, 11) is -0.618. The van der Waals surface area contributed by atoms with Crippen molar-refractivity contribution in [3.05, 3.63) is 53.1 Å². The molecule has 1 heterocycles. The molecule has 0 aliphatic carbocycles. The molecular formula is C21H24ClN3O4S2. The molecule has 2 aromatic carbocycles. The zero-order valence-corrected chi connectivity index (χ0v) is 20.1. The van der Waals surface area contributed by atoms with Gasteiger partial charge in [-0.15, -0.1) is 0 Å². The van der Waals surface area contributed by atoms with Gasteiger partial charge in [0.25, 0.3) is 5.91 Å². The van der Waals surface area contributed by atoms with E-state index in [1.165, 1.54) is 38.0 Å². The number of ether oxygens (including phenoxy) is 1. The first-order valence-electron chi connectivity index (χ1n) is 9.55. The van der Waals surface area contributed by atoms with Crippen molar-refractivity contribution in [2.24, 2.45) is 4.99 Å². The highest BCUT2D eigenvalue weighted by Crippen LogP contribution is 2.30. The molecule has 0 bridgehead atoms. The summed E-state index contributed by atoms with van der Waals surface area (Å²) in [6, 6.07) is 11.6. The molecule has 1 unspecified atom stereocenters. The van der Waals surface area contributed by atoms with Crippen molar-refractivity contribution >= 4 is 50.1 Å². The van der Waals surface area contributed by atoms with Gasteiger partial charge in [0.15, 0.2) is 11.8 Å². The van der Waals surface area contributed by atoms with Crippen molar-refractivity contribution in [3.63, 3.8) is 0 Å². The van der Waals surface area contributed by atoms with Gasteiger partial charge in [-0.05, 0) is 48.9 Å². The van der Waals surface area contributed by atoms with Crippen molar-refractivity contribution in [3.8, 4) is 5.75 Å². The number of carbonyl (C=O) groups is 1. The Bertz CT molecular complexity index is 1120. The van der Waals surface area contributed by atoms with Crippen LogP contribution in [-0.2, 0) is 14.8 Å². The van der Waals surface area contributed by atoms with E-state index in [-0.39, 0.29) is 22.7 Å². The molecule has 1 fully saturated rings. The number of amides is 1. The van der Waals surface area contributed by atoms with E-state index in [4.69, 9.17) is 16.3 Å². The van der Waals surface area contributed by atoms with E-state index in [9.17, 15) is 13.2 Å². The van der Waals surface area contributed by atoms with Crippen molar-refractivity contribution in [2.75, 3.05) is 27.2 Å². The van der Waals surface area contributed by atoms with E-state index in [0.29, 0.717) is 28.2 Å². The number of carbonyl (C=O) groups excluding carboxylic acids is 1. The van der Waals surface area contributed by atoms with Gasteiger partial charge in [-0.25, -0.2) is 17.7 Å². The van der Waals surface area contributed by atoms with E-state index in [2.05, 4.69) is 4.99 Å². The predicted octanol–water partition coefficient (Wildman–Crippen LogP) is 3.93. The summed E-state index contributed by atoms with van der Waals surface area (Å²) in [4.78, 5) is 19.1. The number of aryl methyl sites for hydroxylation is 1. The van der Waals surface area contributed by atoms with Crippen LogP contribution in [0, 0.1) is 6.92 Å². The lowest BCUT2D eigenvalue weighted by Crippen LogP contribution is -2.36. The molecule has 3 rings (SSSR count). The topological polar surface area (TPSA) is 79.3 Å². The van der Waals surface area contributed by atoms with E-state index in [1.54, 1.807) is 35.2 Å².